The summed E-state index contributed by atoms with van der Waals surface area (Å²) in [6.07, 6.45) is 0. The number of halogens is 1. The number of hydrogen-bond acceptors (Lipinski definition) is 2. The van der Waals surface area contributed by atoms with Crippen molar-refractivity contribution in [3.8, 4) is 5.75 Å². The predicted octanol–water partition coefficient (Wildman–Crippen LogP) is 4.49. The fourth-order valence-electron chi connectivity index (χ4n) is 3.32. The number of rotatable bonds is 5. The summed E-state index contributed by atoms with van der Waals surface area (Å²) >= 11 is 0. The molecule has 0 spiro atoms. The van der Waals surface area contributed by atoms with Gasteiger partial charge in [-0.1, -0.05) is 37.3 Å². The molecule has 0 aliphatic rings. The molecule has 3 rings (SSSR count). The first-order chi connectivity index (χ1) is 11.2. The van der Waals surface area contributed by atoms with E-state index in [1.54, 1.807) is 7.11 Å². The average molecular weight is 345 g/mol. The van der Waals surface area contributed by atoms with Gasteiger partial charge in [-0.3, -0.25) is 0 Å². The molecule has 0 aliphatic carbocycles. The second-order valence-corrected chi connectivity index (χ2v) is 6.09. The lowest BCUT2D eigenvalue weighted by molar-refractivity contribution is 0.415. The quantitative estimate of drug-likeness (QED) is 0.740. The zero-order chi connectivity index (χ0) is 16.4. The largest absolute Gasteiger partial charge is 0.497 e. The number of nitrogens with zero attached hydrogens (tertiary/aromatic N) is 1. The first kappa shape index (κ1) is 18.4. The molecule has 0 saturated heterocycles. The summed E-state index contributed by atoms with van der Waals surface area (Å²) in [7, 11) is 1.71. The van der Waals surface area contributed by atoms with Gasteiger partial charge in [-0.15, -0.1) is 12.4 Å². The molecule has 2 N–H and O–H groups in total. The summed E-state index contributed by atoms with van der Waals surface area (Å²) in [4.78, 5) is 0. The Hall–Kier alpha value is -1.97. The molecule has 0 fully saturated rings. The summed E-state index contributed by atoms with van der Waals surface area (Å²) < 4.78 is 7.80. The van der Waals surface area contributed by atoms with Gasteiger partial charge in [0.15, 0.2) is 0 Å². The Morgan fingerprint density at radius 1 is 1.12 bits per heavy atom. The van der Waals surface area contributed by atoms with Gasteiger partial charge in [-0.05, 0) is 48.7 Å². The maximum atomic E-state index is 5.96. The molecule has 3 aromatic rings. The Morgan fingerprint density at radius 3 is 2.46 bits per heavy atom. The first-order valence-electron chi connectivity index (χ1n) is 8.06. The van der Waals surface area contributed by atoms with E-state index in [0.717, 1.165) is 12.3 Å². The summed E-state index contributed by atoms with van der Waals surface area (Å²) in [5.74, 6) is 1.21. The minimum atomic E-state index is 0. The molecular formula is C20H25ClN2O. The Bertz CT molecular complexity index is 811. The summed E-state index contributed by atoms with van der Waals surface area (Å²) in [5, 5.41) is 1.25. The Labute approximate surface area is 149 Å². The van der Waals surface area contributed by atoms with Crippen molar-refractivity contribution in [1.29, 1.82) is 0 Å². The van der Waals surface area contributed by atoms with Crippen molar-refractivity contribution in [3.63, 3.8) is 0 Å². The normalized spacial score (nSPS) is 12.0. The highest BCUT2D eigenvalue weighted by molar-refractivity contribution is 5.87. The molecule has 1 unspecified atom stereocenters. The molecule has 24 heavy (non-hydrogen) atoms. The highest BCUT2D eigenvalue weighted by Crippen LogP contribution is 2.34. The van der Waals surface area contributed by atoms with Gasteiger partial charge in [0.1, 0.15) is 5.75 Å². The number of benzene rings is 2. The topological polar surface area (TPSA) is 40.2 Å². The van der Waals surface area contributed by atoms with E-state index in [1.165, 1.54) is 27.7 Å². The van der Waals surface area contributed by atoms with Gasteiger partial charge in [0.2, 0.25) is 0 Å². The van der Waals surface area contributed by atoms with E-state index in [9.17, 15) is 0 Å². The molecule has 2 aromatic carbocycles. The second-order valence-electron chi connectivity index (χ2n) is 6.09. The van der Waals surface area contributed by atoms with Crippen molar-refractivity contribution >= 4 is 23.3 Å². The zero-order valence-electron chi connectivity index (χ0n) is 14.5. The molecule has 1 aromatic heterocycles. The van der Waals surface area contributed by atoms with Crippen molar-refractivity contribution in [2.24, 2.45) is 5.73 Å². The van der Waals surface area contributed by atoms with E-state index in [0.29, 0.717) is 12.5 Å². The third kappa shape index (κ3) is 3.28. The lowest BCUT2D eigenvalue weighted by atomic mass is 9.98. The Balaban J connectivity index is 0.00000208. The van der Waals surface area contributed by atoms with Gasteiger partial charge < -0.3 is 15.0 Å². The highest BCUT2D eigenvalue weighted by Gasteiger charge is 2.18. The highest BCUT2D eigenvalue weighted by atomic mass is 35.5. The van der Waals surface area contributed by atoms with Crippen LogP contribution >= 0.6 is 12.4 Å². The minimum Gasteiger partial charge on any atom is -0.497 e. The first-order valence-corrected chi connectivity index (χ1v) is 8.06. The molecule has 1 heterocycles. The number of fused-ring (bicyclic) bond motifs is 1. The second kappa shape index (κ2) is 7.73. The van der Waals surface area contributed by atoms with Gasteiger partial charge in [-0.25, -0.2) is 0 Å². The van der Waals surface area contributed by atoms with Crippen LogP contribution in [-0.4, -0.2) is 18.2 Å². The third-order valence-corrected chi connectivity index (χ3v) is 4.61. The van der Waals surface area contributed by atoms with E-state index in [2.05, 4.69) is 60.9 Å². The molecule has 0 amide bonds. The Kier molecular flexibility index (Phi) is 5.92. The van der Waals surface area contributed by atoms with Crippen LogP contribution in [-0.2, 0) is 6.54 Å². The maximum absolute atomic E-state index is 5.96. The summed E-state index contributed by atoms with van der Waals surface area (Å²) in [5.41, 5.74) is 11.1. The predicted molar refractivity (Wildman–Crippen MR) is 103 cm³/mol. The molecule has 0 radical (unpaired) electrons. The van der Waals surface area contributed by atoms with Crippen molar-refractivity contribution in [2.75, 3.05) is 13.7 Å². The molecule has 4 heteroatoms. The van der Waals surface area contributed by atoms with Gasteiger partial charge in [0, 0.05) is 23.1 Å². The van der Waals surface area contributed by atoms with Crippen LogP contribution in [0.4, 0.5) is 0 Å². The number of hydrogen-bond donors (Lipinski definition) is 1. The van der Waals surface area contributed by atoms with Crippen molar-refractivity contribution in [2.45, 2.75) is 26.3 Å². The van der Waals surface area contributed by atoms with Crippen molar-refractivity contribution in [1.82, 2.24) is 4.57 Å². The number of methoxy groups -OCH3 is 1. The van der Waals surface area contributed by atoms with Crippen LogP contribution in [0, 0.1) is 6.92 Å². The molecule has 3 nitrogen and oxygen atoms in total. The fourth-order valence-corrected chi connectivity index (χ4v) is 3.32. The van der Waals surface area contributed by atoms with Crippen LogP contribution in [0.25, 0.3) is 10.9 Å². The van der Waals surface area contributed by atoms with Gasteiger partial charge in [0.05, 0.1) is 7.11 Å². The third-order valence-electron chi connectivity index (χ3n) is 4.61. The monoisotopic (exact) mass is 344 g/mol. The van der Waals surface area contributed by atoms with E-state index in [4.69, 9.17) is 10.5 Å². The van der Waals surface area contributed by atoms with Crippen LogP contribution < -0.4 is 10.5 Å². The molecule has 128 valence electrons. The summed E-state index contributed by atoms with van der Waals surface area (Å²) in [6, 6.07) is 16.9. The van der Waals surface area contributed by atoms with Gasteiger partial charge in [0.25, 0.3) is 0 Å². The molecule has 0 aliphatic heterocycles. The van der Waals surface area contributed by atoms with Crippen molar-refractivity contribution in [3.05, 3.63) is 65.4 Å². The fraction of sp³-hybridized carbons (Fsp3) is 0.300. The van der Waals surface area contributed by atoms with Gasteiger partial charge in [-0.2, -0.15) is 0 Å². The molecular weight excluding hydrogens is 320 g/mol. The minimum absolute atomic E-state index is 0. The van der Waals surface area contributed by atoms with E-state index in [1.807, 2.05) is 6.07 Å². The Morgan fingerprint density at radius 2 is 1.83 bits per heavy atom. The van der Waals surface area contributed by atoms with Crippen molar-refractivity contribution < 1.29 is 4.74 Å². The summed E-state index contributed by atoms with van der Waals surface area (Å²) in [6.45, 7) is 5.89. The maximum Gasteiger partial charge on any atom is 0.119 e. The number of ether oxygens (including phenoxy) is 1. The lowest BCUT2D eigenvalue weighted by Gasteiger charge is -2.11. The number of nitrogens with two attached hydrogens (primary N) is 1. The van der Waals surface area contributed by atoms with Crippen LogP contribution in [0.15, 0.2) is 48.5 Å². The van der Waals surface area contributed by atoms with Crippen LogP contribution in [0.2, 0.25) is 0 Å². The number of aromatic nitrogens is 1. The smallest absolute Gasteiger partial charge is 0.119 e. The zero-order valence-corrected chi connectivity index (χ0v) is 15.3. The molecule has 0 bridgehead atoms. The van der Waals surface area contributed by atoms with Crippen LogP contribution in [0.3, 0.4) is 0 Å². The SMILES string of the molecule is COc1ccc2c(c1)c(C(C)CN)c(C)n2Cc1ccccc1.Cl. The van der Waals surface area contributed by atoms with E-state index < -0.39 is 0 Å². The average Bonchev–Trinajstić information content (AvgIpc) is 2.86. The standard InChI is InChI=1S/C20H24N2O.ClH/c1-14(12-21)20-15(2)22(13-16-7-5-4-6-8-16)19-10-9-17(23-3)11-18(19)20;/h4-11,14H,12-13,21H2,1-3H3;1H. The van der Waals surface area contributed by atoms with Crippen LogP contribution in [0.1, 0.15) is 29.7 Å². The van der Waals surface area contributed by atoms with Gasteiger partial charge >= 0.3 is 0 Å². The van der Waals surface area contributed by atoms with E-state index in [-0.39, 0.29) is 12.4 Å². The molecule has 0 saturated carbocycles. The van der Waals surface area contributed by atoms with Crippen LogP contribution in [0.5, 0.6) is 5.75 Å². The lowest BCUT2D eigenvalue weighted by Crippen LogP contribution is -2.10. The molecule has 1 atom stereocenters. The van der Waals surface area contributed by atoms with E-state index >= 15 is 0 Å².